The van der Waals surface area contributed by atoms with Crippen molar-refractivity contribution in [3.8, 4) is 0 Å². The van der Waals surface area contributed by atoms with E-state index in [1.54, 1.807) is 26.2 Å². The summed E-state index contributed by atoms with van der Waals surface area (Å²) < 4.78 is 41.8. The lowest BCUT2D eigenvalue weighted by atomic mass is 9.65. The largest absolute Gasteiger partial charge is 0.349 e. The second-order valence-electron chi connectivity index (χ2n) is 7.32. The van der Waals surface area contributed by atoms with Crippen LogP contribution in [0.5, 0.6) is 0 Å². The van der Waals surface area contributed by atoms with Gasteiger partial charge in [0.05, 0.1) is 10.6 Å². The van der Waals surface area contributed by atoms with Gasteiger partial charge in [-0.3, -0.25) is 4.79 Å². The molecule has 0 saturated heterocycles. The molecule has 1 unspecified atom stereocenters. The maximum atomic E-state index is 14.1. The number of halogens is 4. The number of carbonyl (C=O) groups is 1. The molecule has 8 heteroatoms. The molecule has 1 N–H and O–H groups in total. The first-order valence-electron chi connectivity index (χ1n) is 9.06. The van der Waals surface area contributed by atoms with Gasteiger partial charge in [0.2, 0.25) is 5.92 Å². The quantitative estimate of drug-likeness (QED) is 0.783. The molecule has 2 aromatic rings. The molecule has 1 amide bonds. The molecule has 0 aliphatic heterocycles. The number of alkyl halides is 2. The fraction of sp³-hybridized carbons (Fsp3) is 0.450. The Balaban J connectivity index is 1.92. The molecule has 28 heavy (non-hydrogen) atoms. The third kappa shape index (κ3) is 3.99. The molecule has 0 bridgehead atoms. The molecule has 1 fully saturated rings. The van der Waals surface area contributed by atoms with Crippen LogP contribution < -0.4 is 5.32 Å². The molecule has 1 atom stereocenters. The van der Waals surface area contributed by atoms with Crippen LogP contribution in [0.25, 0.3) is 0 Å². The van der Waals surface area contributed by atoms with Crippen LogP contribution in [0.2, 0.25) is 5.02 Å². The first-order chi connectivity index (χ1) is 13.1. The highest BCUT2D eigenvalue weighted by molar-refractivity contribution is 6.33. The standard InChI is InChI=1S/C20H21ClF3N3O/c1-12(27-18(28)17-15(21)4-3-5-16(17)22)19(6-8-20(23,24)9-7-19)14-10-25-13(2)26-11-14/h3-5,10-12H,6-9H2,1-2H3,(H,27,28). The van der Waals surface area contributed by atoms with Crippen molar-refractivity contribution < 1.29 is 18.0 Å². The Labute approximate surface area is 166 Å². The van der Waals surface area contributed by atoms with Gasteiger partial charge >= 0.3 is 0 Å². The molecule has 1 aromatic heterocycles. The van der Waals surface area contributed by atoms with Crippen molar-refractivity contribution in [2.45, 2.75) is 56.9 Å². The Morgan fingerprint density at radius 3 is 2.36 bits per heavy atom. The van der Waals surface area contributed by atoms with E-state index in [1.807, 2.05) is 0 Å². The van der Waals surface area contributed by atoms with Gasteiger partial charge in [-0.05, 0) is 44.4 Å². The van der Waals surface area contributed by atoms with Crippen molar-refractivity contribution >= 4 is 17.5 Å². The molecule has 4 nitrogen and oxygen atoms in total. The van der Waals surface area contributed by atoms with Crippen LogP contribution in [0.3, 0.4) is 0 Å². The minimum atomic E-state index is -2.74. The Morgan fingerprint density at radius 2 is 1.79 bits per heavy atom. The zero-order valence-electron chi connectivity index (χ0n) is 15.6. The Kier molecular flexibility index (Phi) is 5.66. The molecular formula is C20H21ClF3N3O. The van der Waals surface area contributed by atoms with Crippen LogP contribution in [-0.2, 0) is 5.41 Å². The Morgan fingerprint density at radius 1 is 1.18 bits per heavy atom. The number of hydrogen-bond acceptors (Lipinski definition) is 3. The van der Waals surface area contributed by atoms with Crippen molar-refractivity contribution in [1.82, 2.24) is 15.3 Å². The number of amides is 1. The van der Waals surface area contributed by atoms with Crippen LogP contribution >= 0.6 is 11.6 Å². The molecule has 1 aromatic carbocycles. The number of rotatable bonds is 4. The lowest BCUT2D eigenvalue weighted by Crippen LogP contribution is -2.52. The summed E-state index contributed by atoms with van der Waals surface area (Å²) in [6.45, 7) is 3.47. The Hall–Kier alpha value is -2.15. The van der Waals surface area contributed by atoms with Crippen molar-refractivity contribution in [3.63, 3.8) is 0 Å². The third-order valence-corrected chi connectivity index (χ3v) is 5.91. The monoisotopic (exact) mass is 411 g/mol. The van der Waals surface area contributed by atoms with Gasteiger partial charge in [0, 0.05) is 36.7 Å². The van der Waals surface area contributed by atoms with E-state index in [2.05, 4.69) is 15.3 Å². The summed E-state index contributed by atoms with van der Waals surface area (Å²) in [7, 11) is 0. The highest BCUT2D eigenvalue weighted by Gasteiger charge is 2.48. The normalized spacial score (nSPS) is 19.1. The lowest BCUT2D eigenvalue weighted by molar-refractivity contribution is -0.0560. The number of aryl methyl sites for hydroxylation is 1. The van der Waals surface area contributed by atoms with Crippen LogP contribution in [0.4, 0.5) is 13.2 Å². The van der Waals surface area contributed by atoms with Crippen LogP contribution in [0.15, 0.2) is 30.6 Å². The third-order valence-electron chi connectivity index (χ3n) is 5.60. The molecular weight excluding hydrogens is 391 g/mol. The van der Waals surface area contributed by atoms with Gasteiger partial charge in [-0.2, -0.15) is 0 Å². The molecule has 1 aliphatic carbocycles. The first-order valence-corrected chi connectivity index (χ1v) is 9.44. The van der Waals surface area contributed by atoms with E-state index in [4.69, 9.17) is 11.6 Å². The first kappa shape index (κ1) is 20.6. The van der Waals surface area contributed by atoms with Gasteiger partial charge in [0.1, 0.15) is 11.6 Å². The summed E-state index contributed by atoms with van der Waals surface area (Å²) in [5, 5.41) is 2.76. The van der Waals surface area contributed by atoms with E-state index in [1.165, 1.54) is 12.1 Å². The van der Waals surface area contributed by atoms with Gasteiger partial charge in [0.15, 0.2) is 0 Å². The van der Waals surface area contributed by atoms with Gasteiger partial charge in [-0.1, -0.05) is 17.7 Å². The molecule has 150 valence electrons. The maximum Gasteiger partial charge on any atom is 0.256 e. The summed E-state index contributed by atoms with van der Waals surface area (Å²) in [5.74, 6) is -3.59. The van der Waals surface area contributed by atoms with E-state index in [0.717, 1.165) is 6.07 Å². The molecule has 3 rings (SSSR count). The van der Waals surface area contributed by atoms with Gasteiger partial charge < -0.3 is 5.32 Å². The lowest BCUT2D eigenvalue weighted by Gasteiger charge is -2.44. The van der Waals surface area contributed by atoms with Crippen molar-refractivity contribution in [2.75, 3.05) is 0 Å². The number of carbonyl (C=O) groups excluding carboxylic acids is 1. The highest BCUT2D eigenvalue weighted by Crippen LogP contribution is 2.47. The van der Waals surface area contributed by atoms with E-state index in [0.29, 0.717) is 11.4 Å². The minimum absolute atomic E-state index is 0.00685. The zero-order valence-corrected chi connectivity index (χ0v) is 16.4. The SMILES string of the molecule is Cc1ncc(C2(C(C)NC(=O)c3c(F)cccc3Cl)CCC(F)(F)CC2)cn1. The predicted molar refractivity (Wildman–Crippen MR) is 100 cm³/mol. The summed E-state index contributed by atoms with van der Waals surface area (Å²) in [6.07, 6.45) is 2.93. The average Bonchev–Trinajstić information content (AvgIpc) is 2.62. The van der Waals surface area contributed by atoms with E-state index in [-0.39, 0.29) is 36.3 Å². The number of benzene rings is 1. The summed E-state index contributed by atoms with van der Waals surface area (Å²) >= 11 is 5.98. The number of nitrogens with one attached hydrogen (secondary N) is 1. The number of aromatic nitrogens is 2. The van der Waals surface area contributed by atoms with Crippen molar-refractivity contribution in [3.05, 3.63) is 58.4 Å². The van der Waals surface area contributed by atoms with Crippen LogP contribution in [-0.4, -0.2) is 27.8 Å². The molecule has 1 aliphatic rings. The van der Waals surface area contributed by atoms with E-state index in [9.17, 15) is 18.0 Å². The predicted octanol–water partition coefficient (Wildman–Crippen LogP) is 4.84. The molecule has 0 radical (unpaired) electrons. The van der Waals surface area contributed by atoms with Crippen LogP contribution in [0, 0.1) is 12.7 Å². The van der Waals surface area contributed by atoms with E-state index >= 15 is 0 Å². The smallest absolute Gasteiger partial charge is 0.256 e. The molecule has 1 heterocycles. The van der Waals surface area contributed by atoms with Crippen molar-refractivity contribution in [1.29, 1.82) is 0 Å². The fourth-order valence-corrected chi connectivity index (χ4v) is 4.05. The average molecular weight is 412 g/mol. The topological polar surface area (TPSA) is 54.9 Å². The zero-order chi connectivity index (χ0) is 20.5. The summed E-state index contributed by atoms with van der Waals surface area (Å²) in [6, 6.07) is 3.43. The number of nitrogens with zero attached hydrogens (tertiary/aromatic N) is 2. The summed E-state index contributed by atoms with van der Waals surface area (Å²) in [5.41, 5.74) is -0.350. The molecule has 1 saturated carbocycles. The second kappa shape index (κ2) is 7.70. The van der Waals surface area contributed by atoms with E-state index < -0.39 is 29.1 Å². The van der Waals surface area contributed by atoms with Gasteiger partial charge in [-0.15, -0.1) is 0 Å². The second-order valence-corrected chi connectivity index (χ2v) is 7.73. The van der Waals surface area contributed by atoms with Crippen LogP contribution in [0.1, 0.15) is 54.4 Å². The maximum absolute atomic E-state index is 14.1. The minimum Gasteiger partial charge on any atom is -0.349 e. The highest BCUT2D eigenvalue weighted by atomic mass is 35.5. The summed E-state index contributed by atoms with van der Waals surface area (Å²) in [4.78, 5) is 21.1. The van der Waals surface area contributed by atoms with Crippen molar-refractivity contribution in [2.24, 2.45) is 0 Å². The van der Waals surface area contributed by atoms with Gasteiger partial charge in [-0.25, -0.2) is 23.1 Å². The molecule has 0 spiro atoms. The Bertz CT molecular complexity index is 843. The fourth-order valence-electron chi connectivity index (χ4n) is 3.80. The number of hydrogen-bond donors (Lipinski definition) is 1. The van der Waals surface area contributed by atoms with Gasteiger partial charge in [0.25, 0.3) is 5.91 Å².